The van der Waals surface area contributed by atoms with Gasteiger partial charge in [0.05, 0.1) is 29.5 Å². The molecule has 3 aromatic rings. The zero-order valence-corrected chi connectivity index (χ0v) is 16.0. The lowest BCUT2D eigenvalue weighted by molar-refractivity contribution is 0.181. The molecule has 1 amide bonds. The summed E-state index contributed by atoms with van der Waals surface area (Å²) in [6.45, 7) is 2.12. The third-order valence-corrected chi connectivity index (χ3v) is 4.98. The molecule has 1 aromatic heterocycles. The molecule has 1 saturated heterocycles. The Hall–Kier alpha value is -3.13. The molecule has 6 nitrogen and oxygen atoms in total. The van der Waals surface area contributed by atoms with Gasteiger partial charge in [0.2, 0.25) is 0 Å². The highest BCUT2D eigenvalue weighted by Crippen LogP contribution is 2.30. The average molecular weight is 420 g/mol. The van der Waals surface area contributed by atoms with E-state index in [1.165, 1.54) is 29.2 Å². The van der Waals surface area contributed by atoms with Gasteiger partial charge >= 0.3 is 6.09 Å². The number of halogens is 3. The maximum absolute atomic E-state index is 15.0. The molecule has 1 aliphatic heterocycles. The van der Waals surface area contributed by atoms with Gasteiger partial charge in [-0.1, -0.05) is 17.7 Å². The number of fused-ring (bicyclic) bond motifs is 1. The minimum Gasteiger partial charge on any atom is -0.447 e. The molecule has 1 fully saturated rings. The van der Waals surface area contributed by atoms with Crippen molar-refractivity contribution in [2.45, 2.75) is 13.0 Å². The molecule has 0 spiro atoms. The number of nitrogens with one attached hydrogen (secondary N) is 2. The molecule has 29 heavy (non-hydrogen) atoms. The van der Waals surface area contributed by atoms with Gasteiger partial charge in [0.1, 0.15) is 12.4 Å². The van der Waals surface area contributed by atoms with Crippen molar-refractivity contribution in [3.05, 3.63) is 69.0 Å². The van der Waals surface area contributed by atoms with E-state index in [0.717, 1.165) is 6.07 Å². The fourth-order valence-electron chi connectivity index (χ4n) is 3.34. The summed E-state index contributed by atoms with van der Waals surface area (Å²) in [6.07, 6.45) is -0.612. The normalized spacial score (nSPS) is 14.9. The Morgan fingerprint density at radius 3 is 2.76 bits per heavy atom. The molecule has 0 bridgehead atoms. The SMILES string of the molecule is C[C@H](Nc1cccc(N2CCOC2=O)c1F)c1cc2cc(Cl)cc(F)c2[nH]c1=O. The van der Waals surface area contributed by atoms with Crippen LogP contribution in [0, 0.1) is 11.6 Å². The van der Waals surface area contributed by atoms with Crippen molar-refractivity contribution in [1.82, 2.24) is 4.98 Å². The second kappa shape index (κ2) is 7.36. The molecule has 2 aromatic carbocycles. The van der Waals surface area contributed by atoms with Crippen LogP contribution in [0.4, 0.5) is 25.0 Å². The van der Waals surface area contributed by atoms with Gasteiger partial charge in [-0.25, -0.2) is 13.6 Å². The molecule has 4 rings (SSSR count). The molecule has 1 atom stereocenters. The standard InChI is InChI=1S/C20H16ClF2N3O3/c1-10(13-8-11-7-12(21)9-14(22)18(11)25-19(13)27)24-15-3-2-4-16(17(15)23)26-5-6-29-20(26)28/h2-4,7-10,24H,5-6H2,1H3,(H,25,27)/t10-/m0/s1. The monoisotopic (exact) mass is 419 g/mol. The number of carbonyl (C=O) groups excluding carboxylic acids is 1. The predicted molar refractivity (Wildman–Crippen MR) is 107 cm³/mol. The summed E-state index contributed by atoms with van der Waals surface area (Å²) in [6, 6.07) is 8.13. The minimum absolute atomic E-state index is 0.0519. The second-order valence-electron chi connectivity index (χ2n) is 6.68. The Labute approximate surface area is 169 Å². The van der Waals surface area contributed by atoms with E-state index < -0.39 is 29.3 Å². The molecular formula is C20H16ClF2N3O3. The van der Waals surface area contributed by atoms with Crippen LogP contribution in [0.3, 0.4) is 0 Å². The lowest BCUT2D eigenvalue weighted by Crippen LogP contribution is -2.25. The first-order valence-corrected chi connectivity index (χ1v) is 9.24. The van der Waals surface area contributed by atoms with E-state index in [9.17, 15) is 18.4 Å². The number of hydrogen-bond donors (Lipinski definition) is 2. The Kier molecular flexibility index (Phi) is 4.87. The number of amides is 1. The highest BCUT2D eigenvalue weighted by atomic mass is 35.5. The number of rotatable bonds is 4. The van der Waals surface area contributed by atoms with Crippen LogP contribution in [0.25, 0.3) is 10.9 Å². The summed E-state index contributed by atoms with van der Waals surface area (Å²) in [4.78, 5) is 27.9. The highest BCUT2D eigenvalue weighted by Gasteiger charge is 2.27. The van der Waals surface area contributed by atoms with Gasteiger partial charge in [0.15, 0.2) is 5.82 Å². The van der Waals surface area contributed by atoms with Crippen LogP contribution >= 0.6 is 11.6 Å². The first kappa shape index (κ1) is 19.2. The molecule has 0 radical (unpaired) electrons. The lowest BCUT2D eigenvalue weighted by atomic mass is 10.1. The minimum atomic E-state index is -0.635. The van der Waals surface area contributed by atoms with Gasteiger partial charge in [-0.05, 0) is 37.3 Å². The number of carbonyl (C=O) groups is 1. The summed E-state index contributed by atoms with van der Waals surface area (Å²) in [7, 11) is 0. The molecule has 0 saturated carbocycles. The Morgan fingerprint density at radius 1 is 1.24 bits per heavy atom. The summed E-state index contributed by atoms with van der Waals surface area (Å²) in [5.41, 5.74) is 0.0384. The largest absolute Gasteiger partial charge is 0.447 e. The maximum atomic E-state index is 15.0. The number of hydrogen-bond acceptors (Lipinski definition) is 4. The van der Waals surface area contributed by atoms with Gasteiger partial charge in [-0.15, -0.1) is 0 Å². The smallest absolute Gasteiger partial charge is 0.414 e. The van der Waals surface area contributed by atoms with Crippen LogP contribution in [0.5, 0.6) is 0 Å². The Balaban J connectivity index is 1.68. The number of ether oxygens (including phenoxy) is 1. The first-order chi connectivity index (χ1) is 13.8. The number of benzene rings is 2. The zero-order valence-electron chi connectivity index (χ0n) is 15.3. The van der Waals surface area contributed by atoms with E-state index >= 15 is 0 Å². The summed E-state index contributed by atoms with van der Waals surface area (Å²) < 4.78 is 33.8. The number of H-pyrrole nitrogens is 1. The number of pyridine rings is 1. The second-order valence-corrected chi connectivity index (χ2v) is 7.11. The van der Waals surface area contributed by atoms with Gasteiger partial charge in [-0.3, -0.25) is 9.69 Å². The number of aromatic amines is 1. The molecule has 0 unspecified atom stereocenters. The van der Waals surface area contributed by atoms with E-state index in [2.05, 4.69) is 10.3 Å². The average Bonchev–Trinajstić information content (AvgIpc) is 3.09. The fraction of sp³-hybridized carbons (Fsp3) is 0.200. The van der Waals surface area contributed by atoms with Crippen LogP contribution in [-0.2, 0) is 4.74 Å². The van der Waals surface area contributed by atoms with Crippen LogP contribution in [0.2, 0.25) is 5.02 Å². The topological polar surface area (TPSA) is 74.4 Å². The van der Waals surface area contributed by atoms with Gasteiger partial charge < -0.3 is 15.0 Å². The Morgan fingerprint density at radius 2 is 2.03 bits per heavy atom. The summed E-state index contributed by atoms with van der Waals surface area (Å²) in [5.74, 6) is -1.27. The van der Waals surface area contributed by atoms with E-state index in [1.54, 1.807) is 13.0 Å². The molecule has 9 heteroatoms. The van der Waals surface area contributed by atoms with E-state index in [0.29, 0.717) is 5.39 Å². The van der Waals surface area contributed by atoms with Crippen molar-refractivity contribution in [3.8, 4) is 0 Å². The van der Waals surface area contributed by atoms with Crippen molar-refractivity contribution in [1.29, 1.82) is 0 Å². The van der Waals surface area contributed by atoms with Crippen LogP contribution in [0.15, 0.2) is 41.2 Å². The third kappa shape index (κ3) is 3.51. The van der Waals surface area contributed by atoms with E-state index in [4.69, 9.17) is 16.3 Å². The van der Waals surface area contributed by atoms with E-state index in [1.807, 2.05) is 0 Å². The molecule has 2 N–H and O–H groups in total. The van der Waals surface area contributed by atoms with Crippen LogP contribution < -0.4 is 15.8 Å². The predicted octanol–water partition coefficient (Wildman–Crippen LogP) is 4.59. The van der Waals surface area contributed by atoms with Gasteiger partial charge in [-0.2, -0.15) is 0 Å². The zero-order chi connectivity index (χ0) is 20.7. The van der Waals surface area contributed by atoms with Crippen molar-refractivity contribution in [3.63, 3.8) is 0 Å². The molecule has 0 aliphatic carbocycles. The number of cyclic esters (lactones) is 1. The number of nitrogens with zero attached hydrogens (tertiary/aromatic N) is 1. The molecule has 1 aliphatic rings. The fourth-order valence-corrected chi connectivity index (χ4v) is 3.56. The van der Waals surface area contributed by atoms with Crippen LogP contribution in [-0.4, -0.2) is 24.2 Å². The summed E-state index contributed by atoms with van der Waals surface area (Å²) in [5, 5.41) is 3.56. The molecule has 2 heterocycles. The lowest BCUT2D eigenvalue weighted by Gasteiger charge is -2.19. The van der Waals surface area contributed by atoms with E-state index in [-0.39, 0.29) is 40.6 Å². The Bertz CT molecular complexity index is 1180. The summed E-state index contributed by atoms with van der Waals surface area (Å²) >= 11 is 5.90. The van der Waals surface area contributed by atoms with Crippen molar-refractivity contribution >= 4 is 40.0 Å². The molecular weight excluding hydrogens is 404 g/mol. The number of aromatic nitrogens is 1. The van der Waals surface area contributed by atoms with Gasteiger partial charge in [0, 0.05) is 16.0 Å². The van der Waals surface area contributed by atoms with Gasteiger partial charge in [0.25, 0.3) is 5.56 Å². The van der Waals surface area contributed by atoms with Crippen molar-refractivity contribution in [2.24, 2.45) is 0 Å². The van der Waals surface area contributed by atoms with Crippen molar-refractivity contribution in [2.75, 3.05) is 23.4 Å². The first-order valence-electron chi connectivity index (χ1n) is 8.86. The third-order valence-electron chi connectivity index (χ3n) is 4.77. The number of anilines is 2. The quantitative estimate of drug-likeness (QED) is 0.648. The van der Waals surface area contributed by atoms with Crippen LogP contribution in [0.1, 0.15) is 18.5 Å². The highest BCUT2D eigenvalue weighted by molar-refractivity contribution is 6.31. The maximum Gasteiger partial charge on any atom is 0.414 e. The van der Waals surface area contributed by atoms with Crippen molar-refractivity contribution < 1.29 is 18.3 Å². The molecule has 150 valence electrons.